The summed E-state index contributed by atoms with van der Waals surface area (Å²) < 4.78 is 26.9. The van der Waals surface area contributed by atoms with Gasteiger partial charge in [-0.3, -0.25) is 0 Å². The lowest BCUT2D eigenvalue weighted by atomic mass is 10.1. The second kappa shape index (κ2) is 6.58. The fourth-order valence-corrected chi connectivity index (χ4v) is 4.77. The minimum atomic E-state index is -3.78. The first kappa shape index (κ1) is 16.6. The first-order valence-corrected chi connectivity index (χ1v) is 8.82. The first-order chi connectivity index (χ1) is 9.87. The highest BCUT2D eigenvalue weighted by molar-refractivity contribution is 7.89. The van der Waals surface area contributed by atoms with Gasteiger partial charge in [0.25, 0.3) is 0 Å². The highest BCUT2D eigenvalue weighted by Gasteiger charge is 2.34. The molecule has 1 atom stereocenters. The van der Waals surface area contributed by atoms with Crippen molar-refractivity contribution in [2.24, 2.45) is 5.73 Å². The molecular formula is C13H17ClN2O3S2. The van der Waals surface area contributed by atoms with Crippen molar-refractivity contribution in [2.75, 3.05) is 13.2 Å². The molecule has 0 amide bonds. The maximum Gasteiger partial charge on any atom is 0.244 e. The number of aliphatic hydroxyl groups is 1. The molecule has 116 valence electrons. The number of aliphatic hydroxyl groups excluding tert-OH is 1. The Hall–Kier alpha value is -0.730. The maximum absolute atomic E-state index is 12.8. The van der Waals surface area contributed by atoms with Crippen LogP contribution in [0.2, 0.25) is 5.02 Å². The first-order valence-electron chi connectivity index (χ1n) is 6.60. The Labute approximate surface area is 134 Å². The van der Waals surface area contributed by atoms with Gasteiger partial charge in [-0.2, -0.15) is 4.31 Å². The molecule has 3 N–H and O–H groups in total. The standard InChI is InChI=1S/C13H17ClN2O3S2/c14-11-5-4-9(13(15)20)7-12(11)21(18,19)16-6-2-1-3-10(16)8-17/h4-5,7,10,17H,1-3,6,8H2,(H2,15,20). The Kier molecular flexibility index (Phi) is 5.21. The van der Waals surface area contributed by atoms with Crippen LogP contribution in [0.4, 0.5) is 0 Å². The van der Waals surface area contributed by atoms with Gasteiger partial charge in [-0.05, 0) is 25.0 Å². The van der Waals surface area contributed by atoms with Crippen LogP contribution in [0.1, 0.15) is 24.8 Å². The molecule has 1 unspecified atom stereocenters. The minimum Gasteiger partial charge on any atom is -0.395 e. The number of rotatable bonds is 4. The van der Waals surface area contributed by atoms with E-state index >= 15 is 0 Å². The van der Waals surface area contributed by atoms with E-state index in [-0.39, 0.29) is 21.5 Å². The van der Waals surface area contributed by atoms with Crippen molar-refractivity contribution < 1.29 is 13.5 Å². The summed E-state index contributed by atoms with van der Waals surface area (Å²) in [4.78, 5) is 0.0929. The third kappa shape index (κ3) is 3.37. The molecule has 1 heterocycles. The molecular weight excluding hydrogens is 332 g/mol. The molecule has 0 aromatic heterocycles. The lowest BCUT2D eigenvalue weighted by molar-refractivity contribution is 0.155. The Morgan fingerprint density at radius 1 is 1.48 bits per heavy atom. The normalized spacial score (nSPS) is 20.4. The molecule has 0 spiro atoms. The van der Waals surface area contributed by atoms with E-state index < -0.39 is 16.1 Å². The lowest BCUT2D eigenvalue weighted by Crippen LogP contribution is -2.45. The third-order valence-corrected chi connectivity index (χ3v) is 6.26. The monoisotopic (exact) mass is 348 g/mol. The number of nitrogens with zero attached hydrogens (tertiary/aromatic N) is 1. The summed E-state index contributed by atoms with van der Waals surface area (Å²) in [6.45, 7) is 0.174. The Bertz CT molecular complexity index is 649. The largest absolute Gasteiger partial charge is 0.395 e. The summed E-state index contributed by atoms with van der Waals surface area (Å²) in [5, 5.41) is 9.53. The van der Waals surface area contributed by atoms with Crippen molar-refractivity contribution >= 4 is 38.8 Å². The summed E-state index contributed by atoms with van der Waals surface area (Å²) in [5.41, 5.74) is 6.00. The average Bonchev–Trinajstić information content (AvgIpc) is 2.47. The number of benzene rings is 1. The van der Waals surface area contributed by atoms with Crippen molar-refractivity contribution in [3.8, 4) is 0 Å². The fourth-order valence-electron chi connectivity index (χ4n) is 2.45. The second-order valence-electron chi connectivity index (χ2n) is 4.96. The summed E-state index contributed by atoms with van der Waals surface area (Å²) >= 11 is 10.9. The number of sulfonamides is 1. The Morgan fingerprint density at radius 2 is 2.19 bits per heavy atom. The molecule has 0 radical (unpaired) electrons. The number of hydrogen-bond donors (Lipinski definition) is 2. The second-order valence-corrected chi connectivity index (χ2v) is 7.66. The van der Waals surface area contributed by atoms with Gasteiger partial charge in [0.15, 0.2) is 0 Å². The summed E-state index contributed by atoms with van der Waals surface area (Å²) in [6, 6.07) is 4.04. The molecule has 1 fully saturated rings. The van der Waals surface area contributed by atoms with Crippen LogP contribution in [0, 0.1) is 0 Å². The molecule has 8 heteroatoms. The number of thiocarbonyl (C=S) groups is 1. The van der Waals surface area contributed by atoms with Crippen LogP contribution < -0.4 is 5.73 Å². The van der Waals surface area contributed by atoms with Crippen LogP contribution in [-0.4, -0.2) is 42.0 Å². The van der Waals surface area contributed by atoms with Gasteiger partial charge in [0.1, 0.15) is 9.88 Å². The Balaban J connectivity index is 2.47. The molecule has 2 rings (SSSR count). The smallest absolute Gasteiger partial charge is 0.244 e. The van der Waals surface area contributed by atoms with Gasteiger partial charge in [-0.25, -0.2) is 8.42 Å². The van der Waals surface area contributed by atoms with Crippen LogP contribution in [0.3, 0.4) is 0 Å². The molecule has 0 aliphatic carbocycles. The van der Waals surface area contributed by atoms with E-state index in [0.717, 1.165) is 12.8 Å². The van der Waals surface area contributed by atoms with E-state index in [9.17, 15) is 13.5 Å². The van der Waals surface area contributed by atoms with E-state index in [4.69, 9.17) is 29.6 Å². The van der Waals surface area contributed by atoms with Gasteiger partial charge in [-0.15, -0.1) is 0 Å². The molecule has 5 nitrogen and oxygen atoms in total. The molecule has 0 saturated carbocycles. The average molecular weight is 349 g/mol. The van der Waals surface area contributed by atoms with Crippen LogP contribution in [0.25, 0.3) is 0 Å². The van der Waals surface area contributed by atoms with Crippen molar-refractivity contribution in [3.63, 3.8) is 0 Å². The van der Waals surface area contributed by atoms with Crippen molar-refractivity contribution in [3.05, 3.63) is 28.8 Å². The van der Waals surface area contributed by atoms with Crippen molar-refractivity contribution in [1.29, 1.82) is 0 Å². The molecule has 1 saturated heterocycles. The summed E-state index contributed by atoms with van der Waals surface area (Å²) in [5.74, 6) is 0. The van der Waals surface area contributed by atoms with Gasteiger partial charge < -0.3 is 10.8 Å². The van der Waals surface area contributed by atoms with Crippen LogP contribution >= 0.6 is 23.8 Å². The van der Waals surface area contributed by atoms with Gasteiger partial charge >= 0.3 is 0 Å². The van der Waals surface area contributed by atoms with E-state index in [1.807, 2.05) is 0 Å². The van der Waals surface area contributed by atoms with Gasteiger partial charge in [-0.1, -0.05) is 36.3 Å². The highest BCUT2D eigenvalue weighted by atomic mass is 35.5. The van der Waals surface area contributed by atoms with Gasteiger partial charge in [0.05, 0.1) is 11.6 Å². The van der Waals surface area contributed by atoms with Crippen LogP contribution in [-0.2, 0) is 10.0 Å². The minimum absolute atomic E-state index is 0.0187. The zero-order valence-corrected chi connectivity index (χ0v) is 13.7. The number of piperidine rings is 1. The fraction of sp³-hybridized carbons (Fsp3) is 0.462. The summed E-state index contributed by atoms with van der Waals surface area (Å²) in [7, 11) is -3.78. The van der Waals surface area contributed by atoms with Crippen molar-refractivity contribution in [1.82, 2.24) is 4.31 Å². The molecule has 1 aliphatic rings. The van der Waals surface area contributed by atoms with E-state index in [0.29, 0.717) is 18.5 Å². The predicted octanol–water partition coefficient (Wildman–Crippen LogP) is 1.51. The zero-order chi connectivity index (χ0) is 15.6. The van der Waals surface area contributed by atoms with E-state index in [2.05, 4.69) is 0 Å². The van der Waals surface area contributed by atoms with Crippen molar-refractivity contribution in [2.45, 2.75) is 30.2 Å². The zero-order valence-electron chi connectivity index (χ0n) is 11.3. The Morgan fingerprint density at radius 3 is 2.81 bits per heavy atom. The molecule has 1 aromatic rings. The SMILES string of the molecule is NC(=S)c1ccc(Cl)c(S(=O)(=O)N2CCCCC2CO)c1. The van der Waals surface area contributed by atoms with Gasteiger partial charge in [0.2, 0.25) is 10.0 Å². The molecule has 0 bridgehead atoms. The third-order valence-electron chi connectivity index (χ3n) is 3.59. The number of halogens is 1. The molecule has 1 aliphatic heterocycles. The predicted molar refractivity (Wildman–Crippen MR) is 86.0 cm³/mol. The highest BCUT2D eigenvalue weighted by Crippen LogP contribution is 2.30. The van der Waals surface area contributed by atoms with Crippen LogP contribution in [0.15, 0.2) is 23.1 Å². The number of hydrogen-bond acceptors (Lipinski definition) is 4. The quantitative estimate of drug-likeness (QED) is 0.806. The van der Waals surface area contributed by atoms with Crippen LogP contribution in [0.5, 0.6) is 0 Å². The number of nitrogens with two attached hydrogens (primary N) is 1. The molecule has 21 heavy (non-hydrogen) atoms. The van der Waals surface area contributed by atoms with E-state index in [1.165, 1.54) is 16.4 Å². The van der Waals surface area contributed by atoms with E-state index in [1.54, 1.807) is 6.07 Å². The topological polar surface area (TPSA) is 83.6 Å². The summed E-state index contributed by atoms with van der Waals surface area (Å²) in [6.07, 6.45) is 2.31. The van der Waals surface area contributed by atoms with Gasteiger partial charge in [0, 0.05) is 18.2 Å². The maximum atomic E-state index is 12.8. The molecule has 1 aromatic carbocycles. The lowest BCUT2D eigenvalue weighted by Gasteiger charge is -2.33.